The van der Waals surface area contributed by atoms with E-state index in [0.717, 1.165) is 46.1 Å². The molecule has 0 saturated carbocycles. The predicted octanol–water partition coefficient (Wildman–Crippen LogP) is 5.47. The average Bonchev–Trinajstić information content (AvgIpc) is 3.35. The van der Waals surface area contributed by atoms with Gasteiger partial charge >= 0.3 is 0 Å². The normalized spacial score (nSPS) is 11.0. The highest BCUT2D eigenvalue weighted by Gasteiger charge is 2.16. The average molecular weight is 374 g/mol. The van der Waals surface area contributed by atoms with Crippen molar-refractivity contribution >= 4 is 11.4 Å². The molecule has 0 spiro atoms. The molecule has 0 bridgehead atoms. The molecule has 6 nitrogen and oxygen atoms in total. The molecule has 0 unspecified atom stereocenters. The lowest BCUT2D eigenvalue weighted by molar-refractivity contribution is 0.393. The van der Waals surface area contributed by atoms with Gasteiger partial charge in [-0.3, -0.25) is 0 Å². The van der Waals surface area contributed by atoms with Gasteiger partial charge in [-0.05, 0) is 69.2 Å². The van der Waals surface area contributed by atoms with Crippen molar-refractivity contribution in [2.45, 2.75) is 27.7 Å². The third-order valence-corrected chi connectivity index (χ3v) is 4.93. The highest BCUT2D eigenvalue weighted by atomic mass is 16.5. The molecule has 4 aromatic rings. The van der Waals surface area contributed by atoms with Crippen LogP contribution in [-0.2, 0) is 0 Å². The minimum atomic E-state index is 0.520. The van der Waals surface area contributed by atoms with Crippen molar-refractivity contribution in [2.75, 3.05) is 11.4 Å². The molecule has 0 aliphatic heterocycles. The Bertz CT molecular complexity index is 1060. The van der Waals surface area contributed by atoms with Crippen LogP contribution in [0.2, 0.25) is 0 Å². The van der Waals surface area contributed by atoms with Gasteiger partial charge in [0, 0.05) is 29.0 Å². The molecular formula is C22H22N4O2. The van der Waals surface area contributed by atoms with Crippen molar-refractivity contribution in [3.63, 3.8) is 0 Å². The number of aromatic nitrogens is 3. The summed E-state index contributed by atoms with van der Waals surface area (Å²) < 4.78 is 10.5. The van der Waals surface area contributed by atoms with E-state index in [4.69, 9.17) is 9.05 Å². The molecule has 2 heterocycles. The first kappa shape index (κ1) is 18.0. The van der Waals surface area contributed by atoms with Crippen molar-refractivity contribution in [2.24, 2.45) is 0 Å². The van der Waals surface area contributed by atoms with E-state index in [2.05, 4.69) is 64.4 Å². The molecule has 0 N–H and O–H groups in total. The Morgan fingerprint density at radius 3 is 2.29 bits per heavy atom. The van der Waals surface area contributed by atoms with Crippen molar-refractivity contribution < 1.29 is 9.05 Å². The Labute approximate surface area is 163 Å². The van der Waals surface area contributed by atoms with Gasteiger partial charge in [-0.15, -0.1) is 0 Å². The van der Waals surface area contributed by atoms with E-state index in [9.17, 15) is 0 Å². The first-order valence-corrected chi connectivity index (χ1v) is 9.27. The van der Waals surface area contributed by atoms with E-state index in [1.165, 1.54) is 11.9 Å². The van der Waals surface area contributed by atoms with Crippen LogP contribution in [0.5, 0.6) is 0 Å². The second-order valence-corrected chi connectivity index (χ2v) is 6.74. The van der Waals surface area contributed by atoms with Gasteiger partial charge in [0.2, 0.25) is 0 Å². The second kappa shape index (κ2) is 7.31. The fraction of sp³-hybridized carbons (Fsp3) is 0.227. The van der Waals surface area contributed by atoms with Crippen LogP contribution >= 0.6 is 0 Å². The number of rotatable bonds is 5. The van der Waals surface area contributed by atoms with Crippen molar-refractivity contribution in [3.8, 4) is 22.6 Å². The van der Waals surface area contributed by atoms with Gasteiger partial charge in [-0.25, -0.2) is 0 Å². The summed E-state index contributed by atoms with van der Waals surface area (Å²) in [5.41, 5.74) is 7.44. The molecule has 0 saturated heterocycles. The van der Waals surface area contributed by atoms with E-state index < -0.39 is 0 Å². The largest absolute Gasteiger partial charge is 0.361 e. The molecule has 0 radical (unpaired) electrons. The van der Waals surface area contributed by atoms with Crippen LogP contribution in [0.3, 0.4) is 0 Å². The molecule has 2 aromatic carbocycles. The number of nitrogens with zero attached hydrogens (tertiary/aromatic N) is 4. The molecule has 6 heteroatoms. The SMILES string of the molecule is CCN(c1ccc(-c2ncno2)cc1)c1cc(-c2c(C)noc2C)ccc1C. The summed E-state index contributed by atoms with van der Waals surface area (Å²) in [5, 5.41) is 7.76. The van der Waals surface area contributed by atoms with Gasteiger partial charge in [-0.2, -0.15) is 4.98 Å². The van der Waals surface area contributed by atoms with Gasteiger partial charge in [0.1, 0.15) is 5.76 Å². The number of hydrogen-bond acceptors (Lipinski definition) is 6. The second-order valence-electron chi connectivity index (χ2n) is 6.74. The predicted molar refractivity (Wildman–Crippen MR) is 109 cm³/mol. The molecule has 0 fully saturated rings. The van der Waals surface area contributed by atoms with Crippen molar-refractivity contribution in [1.29, 1.82) is 0 Å². The summed E-state index contributed by atoms with van der Waals surface area (Å²) in [6.07, 6.45) is 1.41. The molecule has 28 heavy (non-hydrogen) atoms. The minimum Gasteiger partial charge on any atom is -0.361 e. The Kier molecular flexibility index (Phi) is 4.69. The van der Waals surface area contributed by atoms with Gasteiger partial charge in [0.05, 0.1) is 5.69 Å². The van der Waals surface area contributed by atoms with Crippen LogP contribution in [0.25, 0.3) is 22.6 Å². The Balaban J connectivity index is 1.73. The van der Waals surface area contributed by atoms with Gasteiger partial charge < -0.3 is 13.9 Å². The number of aryl methyl sites for hydroxylation is 3. The zero-order valence-electron chi connectivity index (χ0n) is 16.4. The lowest BCUT2D eigenvalue weighted by atomic mass is 10.0. The van der Waals surface area contributed by atoms with E-state index in [-0.39, 0.29) is 0 Å². The maximum Gasteiger partial charge on any atom is 0.257 e. The molecule has 0 aliphatic carbocycles. The van der Waals surface area contributed by atoms with Crippen LogP contribution in [0, 0.1) is 20.8 Å². The van der Waals surface area contributed by atoms with Crippen LogP contribution in [0.1, 0.15) is 23.9 Å². The molecule has 0 aliphatic rings. The van der Waals surface area contributed by atoms with E-state index in [1.54, 1.807) is 0 Å². The van der Waals surface area contributed by atoms with Crippen molar-refractivity contribution in [3.05, 3.63) is 65.8 Å². The molecule has 0 amide bonds. The number of anilines is 2. The summed E-state index contributed by atoms with van der Waals surface area (Å²) in [7, 11) is 0. The summed E-state index contributed by atoms with van der Waals surface area (Å²) in [5.74, 6) is 1.35. The quantitative estimate of drug-likeness (QED) is 0.461. The van der Waals surface area contributed by atoms with Crippen LogP contribution < -0.4 is 4.90 Å². The molecule has 142 valence electrons. The highest BCUT2D eigenvalue weighted by Crippen LogP contribution is 2.35. The van der Waals surface area contributed by atoms with Crippen LogP contribution in [0.15, 0.2) is 57.8 Å². The molecular weight excluding hydrogens is 352 g/mol. The number of hydrogen-bond donors (Lipinski definition) is 0. The fourth-order valence-corrected chi connectivity index (χ4v) is 3.53. The highest BCUT2D eigenvalue weighted by molar-refractivity contribution is 5.76. The summed E-state index contributed by atoms with van der Waals surface area (Å²) >= 11 is 0. The van der Waals surface area contributed by atoms with Crippen LogP contribution in [-0.4, -0.2) is 21.8 Å². The maximum atomic E-state index is 5.36. The van der Waals surface area contributed by atoms with E-state index in [1.807, 2.05) is 26.0 Å². The van der Waals surface area contributed by atoms with Gasteiger partial charge in [0.25, 0.3) is 5.89 Å². The summed E-state index contributed by atoms with van der Waals surface area (Å²) in [6.45, 7) is 9.03. The smallest absolute Gasteiger partial charge is 0.257 e. The first-order chi connectivity index (χ1) is 13.6. The standard InChI is InChI=1S/C22H22N4O2/c1-5-26(19-10-8-17(9-11-19)22-23-13-24-28-22)20-12-18(7-6-14(20)2)21-15(3)25-27-16(21)4/h6-13H,5H2,1-4H3. The van der Waals surface area contributed by atoms with Crippen LogP contribution in [0.4, 0.5) is 11.4 Å². The molecule has 4 rings (SSSR count). The van der Waals surface area contributed by atoms with E-state index >= 15 is 0 Å². The summed E-state index contributed by atoms with van der Waals surface area (Å²) in [4.78, 5) is 6.39. The number of benzene rings is 2. The Hall–Kier alpha value is -3.41. The molecule has 0 atom stereocenters. The van der Waals surface area contributed by atoms with E-state index in [0.29, 0.717) is 5.89 Å². The Morgan fingerprint density at radius 2 is 1.68 bits per heavy atom. The fourth-order valence-electron chi connectivity index (χ4n) is 3.53. The monoisotopic (exact) mass is 374 g/mol. The van der Waals surface area contributed by atoms with Gasteiger partial charge in [-0.1, -0.05) is 22.4 Å². The van der Waals surface area contributed by atoms with Crippen molar-refractivity contribution in [1.82, 2.24) is 15.3 Å². The van der Waals surface area contributed by atoms with Gasteiger partial charge in [0.15, 0.2) is 6.33 Å². The summed E-state index contributed by atoms with van der Waals surface area (Å²) in [6, 6.07) is 14.6. The molecule has 2 aromatic heterocycles. The third kappa shape index (κ3) is 3.17. The Morgan fingerprint density at radius 1 is 0.929 bits per heavy atom. The topological polar surface area (TPSA) is 68.2 Å². The minimum absolute atomic E-state index is 0.520. The third-order valence-electron chi connectivity index (χ3n) is 4.93. The maximum absolute atomic E-state index is 5.36. The lowest BCUT2D eigenvalue weighted by Crippen LogP contribution is -2.17. The zero-order chi connectivity index (χ0) is 19.7. The zero-order valence-corrected chi connectivity index (χ0v) is 16.4. The first-order valence-electron chi connectivity index (χ1n) is 9.27. The lowest BCUT2D eigenvalue weighted by Gasteiger charge is -2.26.